The number of epoxide rings is 1. The van der Waals surface area contributed by atoms with Crippen molar-refractivity contribution < 1.29 is 19.3 Å². The molecule has 1 aliphatic carbocycles. The Morgan fingerprint density at radius 1 is 1.25 bits per heavy atom. The molecule has 24 heavy (non-hydrogen) atoms. The molecule has 0 bridgehead atoms. The highest BCUT2D eigenvalue weighted by atomic mass is 16.7. The van der Waals surface area contributed by atoms with E-state index >= 15 is 0 Å². The molecule has 5 atom stereocenters. The molecule has 1 N–H and O–H groups in total. The van der Waals surface area contributed by atoms with Crippen molar-refractivity contribution in [3.63, 3.8) is 0 Å². The molecular weight excluding hydrogens is 304 g/mol. The van der Waals surface area contributed by atoms with Crippen LogP contribution < -0.4 is 0 Å². The van der Waals surface area contributed by atoms with Gasteiger partial charge in [0.2, 0.25) is 0 Å². The summed E-state index contributed by atoms with van der Waals surface area (Å²) in [6, 6.07) is 0. The first-order chi connectivity index (χ1) is 11.1. The SMILES string of the molecule is CCC1(C(C)CC(C)(C)O)COC(C2CC3OC3(C)CC2C)OC1. The second kappa shape index (κ2) is 6.22. The molecule has 0 amide bonds. The predicted molar refractivity (Wildman–Crippen MR) is 93.7 cm³/mol. The molecule has 4 nitrogen and oxygen atoms in total. The van der Waals surface area contributed by atoms with E-state index < -0.39 is 5.60 Å². The summed E-state index contributed by atoms with van der Waals surface area (Å²) in [5.74, 6) is 1.37. The van der Waals surface area contributed by atoms with Crippen molar-refractivity contribution in [2.45, 2.75) is 90.8 Å². The van der Waals surface area contributed by atoms with E-state index in [-0.39, 0.29) is 17.3 Å². The number of hydrogen-bond acceptors (Lipinski definition) is 4. The third-order valence-electron chi connectivity index (χ3n) is 6.95. The third-order valence-corrected chi connectivity index (χ3v) is 6.95. The van der Waals surface area contributed by atoms with Gasteiger partial charge in [-0.1, -0.05) is 20.8 Å². The Balaban J connectivity index is 1.60. The Morgan fingerprint density at radius 2 is 1.88 bits per heavy atom. The summed E-state index contributed by atoms with van der Waals surface area (Å²) < 4.78 is 18.4. The maximum Gasteiger partial charge on any atom is 0.160 e. The molecule has 0 aromatic heterocycles. The Hall–Kier alpha value is -0.160. The van der Waals surface area contributed by atoms with Crippen molar-refractivity contribution >= 4 is 0 Å². The minimum absolute atomic E-state index is 0.0129. The van der Waals surface area contributed by atoms with Crippen LogP contribution in [-0.4, -0.2) is 41.9 Å². The molecule has 0 aromatic carbocycles. The number of rotatable bonds is 5. The van der Waals surface area contributed by atoms with Crippen molar-refractivity contribution in [3.05, 3.63) is 0 Å². The Kier molecular flexibility index (Phi) is 4.83. The van der Waals surface area contributed by atoms with Gasteiger partial charge in [-0.2, -0.15) is 0 Å². The zero-order chi connectivity index (χ0) is 17.8. The normalized spacial score (nSPS) is 47.1. The smallest absolute Gasteiger partial charge is 0.160 e. The molecule has 3 rings (SSSR count). The van der Waals surface area contributed by atoms with Crippen LogP contribution >= 0.6 is 0 Å². The van der Waals surface area contributed by atoms with E-state index in [1.807, 2.05) is 13.8 Å². The lowest BCUT2D eigenvalue weighted by Crippen LogP contribution is -2.50. The van der Waals surface area contributed by atoms with Crippen LogP contribution in [0.1, 0.15) is 67.2 Å². The highest BCUT2D eigenvalue weighted by molar-refractivity contribution is 5.06. The van der Waals surface area contributed by atoms with Crippen molar-refractivity contribution in [2.75, 3.05) is 13.2 Å². The van der Waals surface area contributed by atoms with E-state index in [0.29, 0.717) is 23.9 Å². The van der Waals surface area contributed by atoms with E-state index in [1.165, 1.54) is 0 Å². The second-order valence-corrected chi connectivity index (χ2v) is 9.62. The number of aliphatic hydroxyl groups is 1. The largest absolute Gasteiger partial charge is 0.390 e. The maximum atomic E-state index is 10.2. The van der Waals surface area contributed by atoms with Gasteiger partial charge in [-0.25, -0.2) is 0 Å². The van der Waals surface area contributed by atoms with Crippen LogP contribution in [0.15, 0.2) is 0 Å². The monoisotopic (exact) mass is 340 g/mol. The molecule has 2 saturated heterocycles. The number of hydrogen-bond donors (Lipinski definition) is 1. The van der Waals surface area contributed by atoms with Crippen molar-refractivity contribution in [3.8, 4) is 0 Å². The fraction of sp³-hybridized carbons (Fsp3) is 1.00. The van der Waals surface area contributed by atoms with Gasteiger partial charge in [0.1, 0.15) is 0 Å². The van der Waals surface area contributed by atoms with Gasteiger partial charge in [-0.15, -0.1) is 0 Å². The van der Waals surface area contributed by atoms with Crippen molar-refractivity contribution in [2.24, 2.45) is 23.2 Å². The van der Waals surface area contributed by atoms with E-state index in [2.05, 4.69) is 27.7 Å². The zero-order valence-electron chi connectivity index (χ0n) is 16.3. The van der Waals surface area contributed by atoms with Crippen LogP contribution in [0.2, 0.25) is 0 Å². The quantitative estimate of drug-likeness (QED) is 0.774. The summed E-state index contributed by atoms with van der Waals surface area (Å²) in [5, 5.41) is 10.2. The molecule has 1 saturated carbocycles. The minimum atomic E-state index is -0.649. The molecule has 2 aliphatic heterocycles. The summed E-state index contributed by atoms with van der Waals surface area (Å²) >= 11 is 0. The standard InChI is InChI=1S/C20H36O4/c1-7-20(14(3)10-18(4,5)21)11-22-17(23-12-20)15-8-16-19(6,24-16)9-13(15)2/h13-17,21H,7-12H2,1-6H3. The molecule has 3 fully saturated rings. The first-order valence-corrected chi connectivity index (χ1v) is 9.72. The summed E-state index contributed by atoms with van der Waals surface area (Å²) in [6.45, 7) is 14.2. The van der Waals surface area contributed by atoms with Crippen LogP contribution in [0.4, 0.5) is 0 Å². The van der Waals surface area contributed by atoms with Crippen LogP contribution in [0.5, 0.6) is 0 Å². The second-order valence-electron chi connectivity index (χ2n) is 9.62. The minimum Gasteiger partial charge on any atom is -0.390 e. The summed E-state index contributed by atoms with van der Waals surface area (Å²) in [6.07, 6.45) is 4.26. The lowest BCUT2D eigenvalue weighted by molar-refractivity contribution is -0.270. The first kappa shape index (κ1) is 18.6. The average Bonchev–Trinajstić information content (AvgIpc) is 3.14. The average molecular weight is 341 g/mol. The summed E-state index contributed by atoms with van der Waals surface area (Å²) in [4.78, 5) is 0. The van der Waals surface area contributed by atoms with Gasteiger partial charge in [0.25, 0.3) is 0 Å². The maximum absolute atomic E-state index is 10.2. The lowest BCUT2D eigenvalue weighted by Gasteiger charge is -2.47. The van der Waals surface area contributed by atoms with E-state index in [1.54, 1.807) is 0 Å². The fourth-order valence-electron chi connectivity index (χ4n) is 5.05. The third kappa shape index (κ3) is 3.53. The molecule has 0 aromatic rings. The molecule has 0 spiro atoms. The van der Waals surface area contributed by atoms with Crippen LogP contribution in [0, 0.1) is 23.2 Å². The highest BCUT2D eigenvalue weighted by Crippen LogP contribution is 2.53. The van der Waals surface area contributed by atoms with Crippen molar-refractivity contribution in [1.82, 2.24) is 0 Å². The molecule has 0 radical (unpaired) electrons. The molecule has 3 aliphatic rings. The van der Waals surface area contributed by atoms with Gasteiger partial charge in [0.05, 0.1) is 30.5 Å². The molecule has 2 heterocycles. The van der Waals surface area contributed by atoms with Gasteiger partial charge >= 0.3 is 0 Å². The predicted octanol–water partition coefficient (Wildman–Crippen LogP) is 3.76. The van der Waals surface area contributed by atoms with Crippen molar-refractivity contribution in [1.29, 1.82) is 0 Å². The van der Waals surface area contributed by atoms with Crippen LogP contribution in [-0.2, 0) is 14.2 Å². The summed E-state index contributed by atoms with van der Waals surface area (Å²) in [5.41, 5.74) is -0.512. The Labute approximate surface area is 147 Å². The highest BCUT2D eigenvalue weighted by Gasteiger charge is 2.59. The molecule has 5 unspecified atom stereocenters. The topological polar surface area (TPSA) is 51.2 Å². The Morgan fingerprint density at radius 3 is 2.42 bits per heavy atom. The van der Waals surface area contributed by atoms with Gasteiger partial charge < -0.3 is 19.3 Å². The molecule has 4 heteroatoms. The van der Waals surface area contributed by atoms with Gasteiger partial charge in [-0.05, 0) is 58.3 Å². The van der Waals surface area contributed by atoms with Gasteiger partial charge in [0, 0.05) is 11.3 Å². The Bertz CT molecular complexity index is 449. The van der Waals surface area contributed by atoms with Crippen LogP contribution in [0.3, 0.4) is 0 Å². The number of ether oxygens (including phenoxy) is 3. The lowest BCUT2D eigenvalue weighted by atomic mass is 9.70. The van der Waals surface area contributed by atoms with E-state index in [4.69, 9.17) is 14.2 Å². The molecule has 140 valence electrons. The zero-order valence-corrected chi connectivity index (χ0v) is 16.3. The summed E-state index contributed by atoms with van der Waals surface area (Å²) in [7, 11) is 0. The van der Waals surface area contributed by atoms with Crippen LogP contribution in [0.25, 0.3) is 0 Å². The first-order valence-electron chi connectivity index (χ1n) is 9.72. The van der Waals surface area contributed by atoms with Gasteiger partial charge in [-0.3, -0.25) is 0 Å². The fourth-order valence-corrected chi connectivity index (χ4v) is 5.05. The number of fused-ring (bicyclic) bond motifs is 1. The molecular formula is C20H36O4. The van der Waals surface area contributed by atoms with E-state index in [9.17, 15) is 5.11 Å². The van der Waals surface area contributed by atoms with Gasteiger partial charge in [0.15, 0.2) is 6.29 Å². The van der Waals surface area contributed by atoms with E-state index in [0.717, 1.165) is 38.9 Å².